The molecule has 3 N–H and O–H groups in total. The van der Waals surface area contributed by atoms with Crippen molar-refractivity contribution in [2.45, 2.75) is 83.0 Å². The summed E-state index contributed by atoms with van der Waals surface area (Å²) in [4.78, 5) is 30.6. The quantitative estimate of drug-likeness (QED) is 0.644. The average Bonchev–Trinajstić information content (AvgIpc) is 3.18. The maximum absolute atomic E-state index is 12.7. The Morgan fingerprint density at radius 3 is 2.85 bits per heavy atom. The number of H-pyrrole nitrogens is 1. The highest BCUT2D eigenvalue weighted by molar-refractivity contribution is 5.78. The molecule has 1 amide bonds. The molecule has 1 heterocycles. The third-order valence-corrected chi connectivity index (χ3v) is 5.68. The molecule has 0 radical (unpaired) electrons. The van der Waals surface area contributed by atoms with Crippen molar-refractivity contribution in [3.8, 4) is 0 Å². The van der Waals surface area contributed by atoms with Crippen molar-refractivity contribution in [2.75, 3.05) is 6.61 Å². The number of rotatable bonds is 8. The lowest BCUT2D eigenvalue weighted by atomic mass is 9.82. The molecule has 2 fully saturated rings. The van der Waals surface area contributed by atoms with Gasteiger partial charge in [0.25, 0.3) is 5.56 Å². The second-order valence-electron chi connectivity index (χ2n) is 7.79. The Kier molecular flexibility index (Phi) is 7.41. The lowest BCUT2D eigenvalue weighted by Crippen LogP contribution is -2.51. The van der Waals surface area contributed by atoms with Gasteiger partial charge in [0, 0.05) is 30.7 Å². The molecule has 1 aromatic heterocycles. The van der Waals surface area contributed by atoms with E-state index < -0.39 is 0 Å². The van der Waals surface area contributed by atoms with Crippen LogP contribution in [0, 0.1) is 5.92 Å². The zero-order valence-corrected chi connectivity index (χ0v) is 16.2. The molecule has 2 aliphatic carbocycles. The highest BCUT2D eigenvalue weighted by atomic mass is 16.5. The number of aromatic amines is 1. The summed E-state index contributed by atoms with van der Waals surface area (Å²) in [5.74, 6) is 0.0246. The Balaban J connectivity index is 1.55. The first-order valence-corrected chi connectivity index (χ1v) is 10.3. The van der Waals surface area contributed by atoms with Crippen LogP contribution in [0.4, 0.5) is 0 Å². The van der Waals surface area contributed by atoms with E-state index in [4.69, 9.17) is 4.74 Å². The lowest BCUT2D eigenvalue weighted by molar-refractivity contribution is -0.128. The number of hydrogen-bond acceptors (Lipinski definition) is 5. The highest BCUT2D eigenvalue weighted by Crippen LogP contribution is 2.29. The van der Waals surface area contributed by atoms with Gasteiger partial charge >= 0.3 is 0 Å². The van der Waals surface area contributed by atoms with Gasteiger partial charge in [0.1, 0.15) is 0 Å². The molecular formula is C20H32N4O3. The van der Waals surface area contributed by atoms with E-state index in [-0.39, 0.29) is 36.1 Å². The van der Waals surface area contributed by atoms with Gasteiger partial charge in [0.2, 0.25) is 5.91 Å². The van der Waals surface area contributed by atoms with E-state index in [1.807, 2.05) is 0 Å². The summed E-state index contributed by atoms with van der Waals surface area (Å²) in [7, 11) is 0. The van der Waals surface area contributed by atoms with E-state index in [0.29, 0.717) is 11.7 Å². The molecule has 7 heteroatoms. The van der Waals surface area contributed by atoms with Crippen LogP contribution < -0.4 is 16.2 Å². The summed E-state index contributed by atoms with van der Waals surface area (Å²) >= 11 is 0. The number of nitrogens with zero attached hydrogens (tertiary/aromatic N) is 1. The molecule has 0 spiro atoms. The van der Waals surface area contributed by atoms with Crippen molar-refractivity contribution >= 4 is 5.91 Å². The molecule has 0 bridgehead atoms. The summed E-state index contributed by atoms with van der Waals surface area (Å²) in [6.45, 7) is 3.19. The Bertz CT molecular complexity index is 657. The molecular weight excluding hydrogens is 344 g/mol. The SMILES string of the molecule is CCCO[C@@H]1CC[C@H](C(=O)NCc2cc(=O)[nH]cn2)C[C@H]1NC1CCCC1. The molecule has 0 aromatic carbocycles. The molecule has 1 aromatic rings. The standard InChI is InChI=1S/C20H32N4O3/c1-2-9-27-18-8-7-14(10-17(18)24-15-5-3-4-6-15)20(26)21-12-16-11-19(25)23-13-22-16/h11,13-15,17-18,24H,2-10,12H2,1H3,(H,21,26)(H,22,23,25)/t14-,17+,18+/m0/s1. The van der Waals surface area contributed by atoms with Gasteiger partial charge in [0.05, 0.1) is 24.7 Å². The van der Waals surface area contributed by atoms with E-state index in [2.05, 4.69) is 27.5 Å². The second-order valence-corrected chi connectivity index (χ2v) is 7.79. The summed E-state index contributed by atoms with van der Waals surface area (Å²) in [6, 6.07) is 2.21. The molecule has 150 valence electrons. The fourth-order valence-electron chi connectivity index (χ4n) is 4.25. The Morgan fingerprint density at radius 1 is 1.30 bits per heavy atom. The van der Waals surface area contributed by atoms with Gasteiger partial charge in [-0.2, -0.15) is 0 Å². The van der Waals surface area contributed by atoms with Gasteiger partial charge in [-0.25, -0.2) is 4.98 Å². The van der Waals surface area contributed by atoms with Crippen molar-refractivity contribution < 1.29 is 9.53 Å². The van der Waals surface area contributed by atoms with E-state index in [1.54, 1.807) is 0 Å². The minimum Gasteiger partial charge on any atom is -0.377 e. The zero-order chi connectivity index (χ0) is 19.1. The van der Waals surface area contributed by atoms with Gasteiger partial charge < -0.3 is 20.4 Å². The average molecular weight is 377 g/mol. The van der Waals surface area contributed by atoms with Crippen LogP contribution in [0.1, 0.15) is 64.0 Å². The smallest absolute Gasteiger partial charge is 0.250 e. The van der Waals surface area contributed by atoms with Crippen molar-refractivity contribution in [1.29, 1.82) is 0 Å². The Hall–Kier alpha value is -1.73. The normalized spacial score (nSPS) is 26.2. The fraction of sp³-hybridized carbons (Fsp3) is 0.750. The first-order valence-electron chi connectivity index (χ1n) is 10.3. The van der Waals surface area contributed by atoms with Crippen LogP contribution >= 0.6 is 0 Å². The summed E-state index contributed by atoms with van der Waals surface area (Å²) in [5.41, 5.74) is 0.372. The van der Waals surface area contributed by atoms with Crippen LogP contribution in [-0.4, -0.2) is 40.7 Å². The molecule has 0 aliphatic heterocycles. The van der Waals surface area contributed by atoms with E-state index in [9.17, 15) is 9.59 Å². The van der Waals surface area contributed by atoms with Gasteiger partial charge in [-0.05, 0) is 38.5 Å². The van der Waals surface area contributed by atoms with Crippen LogP contribution in [-0.2, 0) is 16.1 Å². The molecule has 0 saturated heterocycles. The summed E-state index contributed by atoms with van der Waals surface area (Å²) in [6.07, 6.45) is 10.2. The number of hydrogen-bond donors (Lipinski definition) is 3. The van der Waals surface area contributed by atoms with Crippen LogP contribution in [0.3, 0.4) is 0 Å². The van der Waals surface area contributed by atoms with Crippen molar-refractivity contribution in [3.05, 3.63) is 28.4 Å². The molecule has 2 saturated carbocycles. The van der Waals surface area contributed by atoms with E-state index >= 15 is 0 Å². The van der Waals surface area contributed by atoms with Crippen molar-refractivity contribution in [1.82, 2.24) is 20.6 Å². The van der Waals surface area contributed by atoms with Crippen molar-refractivity contribution in [3.63, 3.8) is 0 Å². The number of amides is 1. The lowest BCUT2D eigenvalue weighted by Gasteiger charge is -2.37. The summed E-state index contributed by atoms with van der Waals surface area (Å²) < 4.78 is 6.08. The topological polar surface area (TPSA) is 96.1 Å². The minimum absolute atomic E-state index is 0.0209. The first kappa shape index (κ1) is 20.0. The molecule has 7 nitrogen and oxygen atoms in total. The number of carbonyl (C=O) groups is 1. The number of ether oxygens (including phenoxy) is 1. The molecule has 27 heavy (non-hydrogen) atoms. The van der Waals surface area contributed by atoms with E-state index in [1.165, 1.54) is 38.1 Å². The predicted molar refractivity (Wildman–Crippen MR) is 103 cm³/mol. The monoisotopic (exact) mass is 376 g/mol. The summed E-state index contributed by atoms with van der Waals surface area (Å²) in [5, 5.41) is 6.73. The van der Waals surface area contributed by atoms with Crippen LogP contribution in [0.2, 0.25) is 0 Å². The first-order chi connectivity index (χ1) is 13.2. The molecule has 3 rings (SSSR count). The third-order valence-electron chi connectivity index (χ3n) is 5.68. The fourth-order valence-corrected chi connectivity index (χ4v) is 4.25. The molecule has 0 unspecified atom stereocenters. The molecule has 3 atom stereocenters. The highest BCUT2D eigenvalue weighted by Gasteiger charge is 2.35. The second kappa shape index (κ2) is 9.99. The zero-order valence-electron chi connectivity index (χ0n) is 16.2. The number of aromatic nitrogens is 2. The Labute approximate surface area is 160 Å². The third kappa shape index (κ3) is 5.87. The van der Waals surface area contributed by atoms with Crippen LogP contribution in [0.25, 0.3) is 0 Å². The Morgan fingerprint density at radius 2 is 2.11 bits per heavy atom. The minimum atomic E-state index is -0.205. The number of carbonyl (C=O) groups excluding carboxylic acids is 1. The van der Waals surface area contributed by atoms with Crippen LogP contribution in [0.15, 0.2) is 17.2 Å². The van der Waals surface area contributed by atoms with Gasteiger partial charge in [0.15, 0.2) is 0 Å². The van der Waals surface area contributed by atoms with Crippen LogP contribution in [0.5, 0.6) is 0 Å². The maximum atomic E-state index is 12.7. The van der Waals surface area contributed by atoms with Gasteiger partial charge in [-0.3, -0.25) is 9.59 Å². The van der Waals surface area contributed by atoms with Gasteiger partial charge in [-0.15, -0.1) is 0 Å². The van der Waals surface area contributed by atoms with E-state index in [0.717, 1.165) is 32.3 Å². The predicted octanol–water partition coefficient (Wildman–Crippen LogP) is 1.88. The largest absolute Gasteiger partial charge is 0.377 e. The molecule has 2 aliphatic rings. The maximum Gasteiger partial charge on any atom is 0.250 e. The number of nitrogens with one attached hydrogen (secondary N) is 3. The van der Waals surface area contributed by atoms with Gasteiger partial charge in [-0.1, -0.05) is 19.8 Å². The van der Waals surface area contributed by atoms with Crippen molar-refractivity contribution in [2.24, 2.45) is 5.92 Å².